The Kier molecular flexibility index (Phi) is 19.3. The van der Waals surface area contributed by atoms with Crippen LogP contribution < -0.4 is 25.0 Å². The number of benzene rings is 8. The fourth-order valence-electron chi connectivity index (χ4n) is 7.42. The van der Waals surface area contributed by atoms with Gasteiger partial charge in [-0.15, -0.1) is 15.3 Å². The number of hydrogen-bond donors (Lipinski definition) is 4. The van der Waals surface area contributed by atoms with Crippen molar-refractivity contribution in [3.63, 3.8) is 0 Å². The summed E-state index contributed by atoms with van der Waals surface area (Å²) in [6.07, 6.45) is 0. The average molecular weight is 1220 g/mol. The van der Waals surface area contributed by atoms with Gasteiger partial charge in [0.15, 0.2) is 5.75 Å². The van der Waals surface area contributed by atoms with Gasteiger partial charge in [0, 0.05) is 10.8 Å². The number of ether oxygens (including phenoxy) is 2. The second-order valence-corrected chi connectivity index (χ2v) is 19.3. The number of halogens is 2. The molecule has 0 aliphatic rings. The molecule has 8 rings (SSSR count). The molecule has 0 bridgehead atoms. The van der Waals surface area contributed by atoms with Crippen molar-refractivity contribution >= 4 is 160 Å². The smallest absolute Gasteiger partial charge is 0.871 e. The van der Waals surface area contributed by atoms with Crippen LogP contribution in [-0.2, 0) is 20.2 Å². The first-order valence-electron chi connectivity index (χ1n) is 22.1. The Balaban J connectivity index is 0.000000241. The first kappa shape index (κ1) is 57.9. The zero-order valence-electron chi connectivity index (χ0n) is 40.1. The van der Waals surface area contributed by atoms with Crippen LogP contribution in [0.3, 0.4) is 0 Å². The first-order valence-corrected chi connectivity index (χ1v) is 25.7. The van der Waals surface area contributed by atoms with Crippen LogP contribution in [0.15, 0.2) is 169 Å². The molecule has 0 saturated heterocycles. The summed E-state index contributed by atoms with van der Waals surface area (Å²) in [4.78, 5) is 16.6. The van der Waals surface area contributed by atoms with Crippen LogP contribution in [0.4, 0.5) is 34.1 Å². The van der Waals surface area contributed by atoms with Crippen LogP contribution in [-0.4, -0.2) is 105 Å². The predicted molar refractivity (Wildman–Crippen MR) is 284 cm³/mol. The van der Waals surface area contributed by atoms with Crippen LogP contribution in [0.5, 0.6) is 23.0 Å². The van der Waals surface area contributed by atoms with Crippen molar-refractivity contribution in [3.8, 4) is 23.0 Å². The number of phenolic OH excluding ortho intramolecular Hbond substituents is 1. The maximum atomic E-state index is 13.4. The van der Waals surface area contributed by atoms with Crippen LogP contribution in [0, 0.1) is 13.8 Å². The maximum Gasteiger partial charge on any atom is 2.00 e. The van der Waals surface area contributed by atoms with E-state index >= 15 is 0 Å². The molecule has 380 valence electrons. The van der Waals surface area contributed by atoms with Crippen molar-refractivity contribution in [2.45, 2.75) is 37.5 Å². The van der Waals surface area contributed by atoms with Gasteiger partial charge in [0.25, 0.3) is 26.1 Å². The van der Waals surface area contributed by atoms with Gasteiger partial charge in [-0.1, -0.05) is 102 Å². The zero-order valence-corrected chi connectivity index (χ0v) is 47.7. The quantitative estimate of drug-likeness (QED) is 0.0260. The number of nitrogens with zero attached hydrogens (tertiary/aromatic N) is 5. The van der Waals surface area contributed by atoms with E-state index in [9.17, 15) is 46.1 Å². The zero-order chi connectivity index (χ0) is 53.5. The second-order valence-electron chi connectivity index (χ2n) is 15.8. The maximum absolute atomic E-state index is 13.4. The third-order valence-corrected chi connectivity index (χ3v) is 13.9. The van der Waals surface area contributed by atoms with Crippen molar-refractivity contribution in [1.29, 1.82) is 0 Å². The van der Waals surface area contributed by atoms with Crippen molar-refractivity contribution < 1.29 is 55.5 Å². The Bertz CT molecular complexity index is 3830. The number of hydrogen-bond acceptors (Lipinski definition) is 15. The fraction of sp³-hybridized carbons (Fsp3) is 0.115. The Labute approximate surface area is 481 Å². The van der Waals surface area contributed by atoms with Gasteiger partial charge in [-0.2, -0.15) is 21.9 Å². The minimum Gasteiger partial charge on any atom is -0.871 e. The molecule has 0 fully saturated rings. The summed E-state index contributed by atoms with van der Waals surface area (Å²) >= 11 is 12.5. The Morgan fingerprint density at radius 2 is 1.07 bits per heavy atom. The molecule has 4 N–H and O–H groups in total. The molecule has 0 unspecified atom stereocenters. The summed E-state index contributed by atoms with van der Waals surface area (Å²) in [6, 6.07) is 35.3. The van der Waals surface area contributed by atoms with E-state index in [1.807, 2.05) is 6.92 Å². The molecule has 0 aromatic heterocycles. The van der Waals surface area contributed by atoms with E-state index in [1.54, 1.807) is 110 Å². The van der Waals surface area contributed by atoms with E-state index in [1.165, 1.54) is 32.0 Å². The van der Waals surface area contributed by atoms with Crippen LogP contribution in [0.1, 0.15) is 40.9 Å². The molecule has 0 heterocycles. The molecular weight excluding hydrogens is 1170 g/mol. The van der Waals surface area contributed by atoms with Gasteiger partial charge in [0.05, 0.1) is 50.0 Å². The van der Waals surface area contributed by atoms with E-state index in [4.69, 9.17) is 32.7 Å². The van der Waals surface area contributed by atoms with Gasteiger partial charge in [0.2, 0.25) is 0 Å². The van der Waals surface area contributed by atoms with Crippen molar-refractivity contribution in [1.82, 2.24) is 0 Å². The number of azo groups is 2. The number of fused-ring (bicyclic) bond motifs is 2. The number of aliphatic imine (C=N–C) groups is 1. The molecule has 0 atom stereocenters. The summed E-state index contributed by atoms with van der Waals surface area (Å²) < 4.78 is 75.9. The minimum atomic E-state index is -4.49. The van der Waals surface area contributed by atoms with Crippen molar-refractivity contribution in [3.05, 3.63) is 166 Å². The number of aromatic hydroxyl groups is 1. The SMILES string of the molecule is CCOc1ccccc1N=C([O-])c1cc2ccccc2c(N=Nc2ccc(S(=O)(=O)O)c(C)c2Cl)c1[O-].CCOc1ccccc1NC(=O)c1cc2ccccc2c(N=Nc2ccc(S(=O)(=O)O)c(C)c2Cl)c1O.[Ba+2]. The molecule has 23 heteroatoms. The molecule has 18 nitrogen and oxygen atoms in total. The summed E-state index contributed by atoms with van der Waals surface area (Å²) in [5.74, 6) is -1.56. The number of amides is 1. The number of phenols is 1. The van der Waals surface area contributed by atoms with Crippen molar-refractivity contribution in [2.75, 3.05) is 18.5 Å². The molecule has 0 saturated carbocycles. The molecular formula is C52H42BaCl2N6O12S2. The summed E-state index contributed by atoms with van der Waals surface area (Å²) in [7, 11) is -8.96. The third kappa shape index (κ3) is 13.3. The predicted octanol–water partition coefficient (Wildman–Crippen LogP) is 11.8. The summed E-state index contributed by atoms with van der Waals surface area (Å²) in [5.41, 5.74) is 0.733. The monoisotopic (exact) mass is 1210 g/mol. The number of nitrogens with one attached hydrogen (secondary N) is 1. The second kappa shape index (κ2) is 25.0. The Morgan fingerprint density at radius 3 is 1.61 bits per heavy atom. The van der Waals surface area contributed by atoms with Crippen LogP contribution in [0.25, 0.3) is 21.5 Å². The van der Waals surface area contributed by atoms with Gasteiger partial charge < -0.3 is 30.1 Å². The number of carbonyl (C=O) groups is 1. The van der Waals surface area contributed by atoms with Gasteiger partial charge >= 0.3 is 48.9 Å². The van der Waals surface area contributed by atoms with Crippen molar-refractivity contribution in [2.24, 2.45) is 25.4 Å². The molecule has 0 spiro atoms. The summed E-state index contributed by atoms with van der Waals surface area (Å²) in [6.45, 7) is 7.24. The fourth-order valence-corrected chi connectivity index (χ4v) is 9.40. The molecule has 75 heavy (non-hydrogen) atoms. The molecule has 8 aromatic rings. The van der Waals surface area contributed by atoms with E-state index in [2.05, 4.69) is 30.8 Å². The van der Waals surface area contributed by atoms with Gasteiger partial charge in [-0.05, 0) is 122 Å². The van der Waals surface area contributed by atoms with E-state index in [0.717, 1.165) is 12.1 Å². The largest absolute Gasteiger partial charge is 2.00 e. The molecule has 0 aliphatic heterocycles. The Hall–Kier alpha value is -6.41. The molecule has 1 amide bonds. The average Bonchev–Trinajstić information content (AvgIpc) is 3.36. The first-order chi connectivity index (χ1) is 35.2. The summed E-state index contributed by atoms with van der Waals surface area (Å²) in [5, 5.41) is 58.8. The van der Waals surface area contributed by atoms with Gasteiger partial charge in [-0.3, -0.25) is 18.9 Å². The van der Waals surface area contributed by atoms with Crippen LogP contribution in [0.2, 0.25) is 10.0 Å². The van der Waals surface area contributed by atoms with Gasteiger partial charge in [0.1, 0.15) is 34.2 Å². The molecule has 8 aromatic carbocycles. The number of para-hydroxylation sites is 4. The standard InChI is InChI=1S/2C26H22ClN3O6S.Ba/c2*1-3-36-21-11-7-6-10-19(21)28-26(32)18-14-16-8-4-5-9-17(16)24(25(18)31)30-29-20-12-13-22(37(33,34)35)15(2)23(20)27;/h2*4-14,31H,3H2,1-2H3,(H,28,32)(H,33,34,35);/q;;+2/p-2. The number of carbonyl (C=O) groups excluding carboxylic acids is 1. The molecule has 0 aliphatic carbocycles. The van der Waals surface area contributed by atoms with E-state index in [0.29, 0.717) is 51.9 Å². The molecule has 0 radical (unpaired) electrons. The topological polar surface area (TPSA) is 284 Å². The normalized spacial score (nSPS) is 11.9. The van der Waals surface area contributed by atoms with E-state index in [-0.39, 0.29) is 119 Å². The minimum absolute atomic E-state index is 0. The third-order valence-electron chi connectivity index (χ3n) is 11.0. The number of rotatable bonds is 14. The van der Waals surface area contributed by atoms with Gasteiger partial charge in [-0.25, -0.2) is 0 Å². The Morgan fingerprint density at radius 1 is 0.613 bits per heavy atom. The van der Waals surface area contributed by atoms with Crippen LogP contribution >= 0.6 is 23.2 Å². The van der Waals surface area contributed by atoms with E-state index < -0.39 is 43.5 Å². The number of anilines is 1.